The molecule has 1 aliphatic rings. The highest BCUT2D eigenvalue weighted by Crippen LogP contribution is 2.15. The van der Waals surface area contributed by atoms with Crippen LogP contribution in [0.25, 0.3) is 0 Å². The van der Waals surface area contributed by atoms with Gasteiger partial charge in [0.25, 0.3) is 5.91 Å². The Kier molecular flexibility index (Phi) is 4.95. The van der Waals surface area contributed by atoms with E-state index < -0.39 is 0 Å². The summed E-state index contributed by atoms with van der Waals surface area (Å²) in [5, 5.41) is 0. The molecular formula is C20H23FN2O. The van der Waals surface area contributed by atoms with E-state index in [2.05, 4.69) is 11.0 Å². The summed E-state index contributed by atoms with van der Waals surface area (Å²) in [7, 11) is 0. The second kappa shape index (κ2) is 7.14. The maximum atomic E-state index is 13.8. The molecule has 2 aromatic rings. The second-order valence-corrected chi connectivity index (χ2v) is 6.54. The smallest absolute Gasteiger partial charge is 0.253 e. The monoisotopic (exact) mass is 326 g/mol. The Morgan fingerprint density at radius 1 is 1.00 bits per heavy atom. The molecule has 2 aromatic carbocycles. The third-order valence-electron chi connectivity index (χ3n) is 4.48. The standard InChI is InChI=1S/C20H23FN2O/c1-15-11-16(2)13-18(12-15)20(24)23-9-7-22(8-10-23)14-17-5-3-4-6-19(17)21/h3-6,11-13H,7-10,14H2,1-2H3. The fourth-order valence-electron chi connectivity index (χ4n) is 3.26. The highest BCUT2D eigenvalue weighted by atomic mass is 19.1. The van der Waals surface area contributed by atoms with E-state index in [0.717, 1.165) is 29.8 Å². The molecule has 1 aliphatic heterocycles. The van der Waals surface area contributed by atoms with E-state index in [1.165, 1.54) is 6.07 Å². The summed E-state index contributed by atoms with van der Waals surface area (Å²) in [5.74, 6) is -0.0708. The van der Waals surface area contributed by atoms with E-state index in [-0.39, 0.29) is 11.7 Å². The first kappa shape index (κ1) is 16.7. The van der Waals surface area contributed by atoms with Gasteiger partial charge < -0.3 is 4.90 Å². The van der Waals surface area contributed by atoms with Crippen molar-refractivity contribution < 1.29 is 9.18 Å². The first-order chi connectivity index (χ1) is 11.5. The van der Waals surface area contributed by atoms with Gasteiger partial charge in [-0.3, -0.25) is 9.69 Å². The van der Waals surface area contributed by atoms with Gasteiger partial charge in [0, 0.05) is 43.9 Å². The van der Waals surface area contributed by atoms with Crippen LogP contribution in [0.5, 0.6) is 0 Å². The lowest BCUT2D eigenvalue weighted by atomic mass is 10.1. The van der Waals surface area contributed by atoms with Crippen molar-refractivity contribution in [3.8, 4) is 0 Å². The van der Waals surface area contributed by atoms with Crippen molar-refractivity contribution in [2.75, 3.05) is 26.2 Å². The van der Waals surface area contributed by atoms with Crippen LogP contribution in [0, 0.1) is 19.7 Å². The van der Waals surface area contributed by atoms with Gasteiger partial charge in [-0.05, 0) is 32.0 Å². The fraction of sp³-hybridized carbons (Fsp3) is 0.350. The fourth-order valence-corrected chi connectivity index (χ4v) is 3.26. The average Bonchev–Trinajstić information content (AvgIpc) is 2.56. The van der Waals surface area contributed by atoms with Gasteiger partial charge >= 0.3 is 0 Å². The summed E-state index contributed by atoms with van der Waals surface area (Å²) < 4.78 is 13.8. The van der Waals surface area contributed by atoms with Crippen LogP contribution in [0.3, 0.4) is 0 Å². The van der Waals surface area contributed by atoms with E-state index >= 15 is 0 Å². The van der Waals surface area contributed by atoms with Crippen LogP contribution < -0.4 is 0 Å². The summed E-state index contributed by atoms with van der Waals surface area (Å²) >= 11 is 0. The van der Waals surface area contributed by atoms with Gasteiger partial charge in [-0.15, -0.1) is 0 Å². The van der Waals surface area contributed by atoms with Crippen LogP contribution in [0.4, 0.5) is 4.39 Å². The molecule has 4 heteroatoms. The quantitative estimate of drug-likeness (QED) is 0.863. The summed E-state index contributed by atoms with van der Waals surface area (Å²) in [5.41, 5.74) is 3.69. The average molecular weight is 326 g/mol. The van der Waals surface area contributed by atoms with Crippen molar-refractivity contribution in [1.82, 2.24) is 9.80 Å². The van der Waals surface area contributed by atoms with Crippen LogP contribution in [-0.4, -0.2) is 41.9 Å². The maximum Gasteiger partial charge on any atom is 0.253 e. The van der Waals surface area contributed by atoms with Gasteiger partial charge in [0.05, 0.1) is 0 Å². The van der Waals surface area contributed by atoms with Crippen molar-refractivity contribution in [3.63, 3.8) is 0 Å². The molecule has 0 aromatic heterocycles. The molecule has 0 aliphatic carbocycles. The number of benzene rings is 2. The third kappa shape index (κ3) is 3.82. The maximum absolute atomic E-state index is 13.8. The molecule has 0 atom stereocenters. The molecule has 1 fully saturated rings. The zero-order valence-electron chi connectivity index (χ0n) is 14.3. The number of amides is 1. The van der Waals surface area contributed by atoms with Crippen LogP contribution >= 0.6 is 0 Å². The molecule has 0 spiro atoms. The number of hydrogen-bond donors (Lipinski definition) is 0. The van der Waals surface area contributed by atoms with Gasteiger partial charge in [-0.2, -0.15) is 0 Å². The summed E-state index contributed by atoms with van der Waals surface area (Å²) in [6.07, 6.45) is 0. The van der Waals surface area contributed by atoms with Gasteiger partial charge in [0.1, 0.15) is 5.82 Å². The molecular weight excluding hydrogens is 303 g/mol. The minimum absolute atomic E-state index is 0.0901. The van der Waals surface area contributed by atoms with Crippen molar-refractivity contribution >= 4 is 5.91 Å². The van der Waals surface area contributed by atoms with Gasteiger partial charge in [-0.1, -0.05) is 35.4 Å². The Labute approximate surface area is 142 Å². The molecule has 24 heavy (non-hydrogen) atoms. The van der Waals surface area contributed by atoms with E-state index in [4.69, 9.17) is 0 Å². The van der Waals surface area contributed by atoms with E-state index in [1.807, 2.05) is 43.0 Å². The number of aryl methyl sites for hydroxylation is 2. The zero-order valence-corrected chi connectivity index (χ0v) is 14.3. The number of halogens is 1. The predicted molar refractivity (Wildman–Crippen MR) is 93.5 cm³/mol. The van der Waals surface area contributed by atoms with E-state index in [1.54, 1.807) is 6.07 Å². The van der Waals surface area contributed by atoms with Crippen LogP contribution in [-0.2, 0) is 6.54 Å². The number of rotatable bonds is 3. The Morgan fingerprint density at radius 3 is 2.25 bits per heavy atom. The Hall–Kier alpha value is -2.20. The summed E-state index contributed by atoms with van der Waals surface area (Å²) in [6.45, 7) is 7.51. The van der Waals surface area contributed by atoms with Crippen molar-refractivity contribution in [2.45, 2.75) is 20.4 Å². The minimum atomic E-state index is -0.161. The number of carbonyl (C=O) groups is 1. The van der Waals surface area contributed by atoms with Crippen molar-refractivity contribution in [2.24, 2.45) is 0 Å². The van der Waals surface area contributed by atoms with E-state index in [0.29, 0.717) is 25.2 Å². The number of hydrogen-bond acceptors (Lipinski definition) is 2. The lowest BCUT2D eigenvalue weighted by Crippen LogP contribution is -2.48. The third-order valence-corrected chi connectivity index (χ3v) is 4.48. The highest BCUT2D eigenvalue weighted by Gasteiger charge is 2.22. The number of carbonyl (C=O) groups excluding carboxylic acids is 1. The van der Waals surface area contributed by atoms with Gasteiger partial charge in [0.15, 0.2) is 0 Å². The molecule has 0 radical (unpaired) electrons. The van der Waals surface area contributed by atoms with Gasteiger partial charge in [-0.25, -0.2) is 4.39 Å². The molecule has 126 valence electrons. The largest absolute Gasteiger partial charge is 0.336 e. The first-order valence-corrected chi connectivity index (χ1v) is 8.36. The molecule has 1 heterocycles. The molecule has 0 N–H and O–H groups in total. The van der Waals surface area contributed by atoms with Crippen LogP contribution in [0.1, 0.15) is 27.0 Å². The first-order valence-electron chi connectivity index (χ1n) is 8.36. The normalized spacial score (nSPS) is 15.5. The SMILES string of the molecule is Cc1cc(C)cc(C(=O)N2CCN(Cc3ccccc3F)CC2)c1. The lowest BCUT2D eigenvalue weighted by molar-refractivity contribution is 0.0627. The van der Waals surface area contributed by atoms with Crippen molar-refractivity contribution in [3.05, 3.63) is 70.5 Å². The zero-order chi connectivity index (χ0) is 17.1. The second-order valence-electron chi connectivity index (χ2n) is 6.54. The summed E-state index contributed by atoms with van der Waals surface area (Å²) in [6, 6.07) is 12.8. The number of nitrogens with zero attached hydrogens (tertiary/aromatic N) is 2. The molecule has 1 saturated heterocycles. The van der Waals surface area contributed by atoms with Crippen molar-refractivity contribution in [1.29, 1.82) is 0 Å². The molecule has 1 amide bonds. The molecule has 3 rings (SSSR count). The van der Waals surface area contributed by atoms with Crippen LogP contribution in [0.15, 0.2) is 42.5 Å². The molecule has 0 bridgehead atoms. The lowest BCUT2D eigenvalue weighted by Gasteiger charge is -2.35. The highest BCUT2D eigenvalue weighted by molar-refractivity contribution is 5.94. The Balaban J connectivity index is 1.60. The topological polar surface area (TPSA) is 23.6 Å². The van der Waals surface area contributed by atoms with Gasteiger partial charge in [0.2, 0.25) is 0 Å². The predicted octanol–water partition coefficient (Wildman–Crippen LogP) is 3.40. The molecule has 0 saturated carbocycles. The minimum Gasteiger partial charge on any atom is -0.336 e. The Bertz CT molecular complexity index is 716. The summed E-state index contributed by atoms with van der Waals surface area (Å²) in [4.78, 5) is 16.8. The molecule has 0 unspecified atom stereocenters. The number of piperazine rings is 1. The van der Waals surface area contributed by atoms with E-state index in [9.17, 15) is 9.18 Å². The van der Waals surface area contributed by atoms with Crippen LogP contribution in [0.2, 0.25) is 0 Å². The Morgan fingerprint density at radius 2 is 1.62 bits per heavy atom. The molecule has 3 nitrogen and oxygen atoms in total.